The number of hydrogen-bond donors (Lipinski definition) is 1. The average molecular weight is 575 g/mol. The van der Waals surface area contributed by atoms with Crippen LogP contribution in [-0.4, -0.2) is 50.1 Å². The maximum Gasteiger partial charge on any atom is 0.354 e. The molecule has 0 saturated heterocycles. The summed E-state index contributed by atoms with van der Waals surface area (Å²) in [4.78, 5) is 46.3. The van der Waals surface area contributed by atoms with E-state index in [1.165, 1.54) is 28.7 Å². The molecular weight excluding hydrogens is 552 g/mol. The Bertz CT molecular complexity index is 1640. The largest absolute Gasteiger partial charge is 0.462 e. The number of nitrogens with one attached hydrogen (secondary N) is 1. The summed E-state index contributed by atoms with van der Waals surface area (Å²) in [5.74, 6) is -1.01. The fourth-order valence-corrected chi connectivity index (χ4v) is 5.04. The number of azide groups is 1. The number of rotatable bonds is 8. The minimum Gasteiger partial charge on any atom is -0.462 e. The van der Waals surface area contributed by atoms with Gasteiger partial charge < -0.3 is 14.5 Å². The van der Waals surface area contributed by atoms with Crippen LogP contribution >= 0.6 is 22.7 Å². The summed E-state index contributed by atoms with van der Waals surface area (Å²) in [6.07, 6.45) is 9.92. The molecule has 1 N–H and O–H groups in total. The molecule has 0 radical (unpaired) electrons. The molecule has 0 aliphatic carbocycles. The van der Waals surface area contributed by atoms with E-state index in [0.29, 0.717) is 22.8 Å². The summed E-state index contributed by atoms with van der Waals surface area (Å²) >= 11 is 2.87. The van der Waals surface area contributed by atoms with E-state index >= 15 is 0 Å². The molecule has 0 bridgehead atoms. The summed E-state index contributed by atoms with van der Waals surface area (Å²) in [5, 5.41) is 5.00. The lowest BCUT2D eigenvalue weighted by Gasteiger charge is -1.99. The second-order valence-electron chi connectivity index (χ2n) is 7.63. The number of hydrogen-bond acceptors (Lipinski definition) is 11. The molecular formula is C26H22N8O4S2. The highest BCUT2D eigenvalue weighted by molar-refractivity contribution is 7.21. The topological polar surface area (TPSA) is 169 Å². The van der Waals surface area contributed by atoms with Crippen LogP contribution in [-0.2, 0) is 14.3 Å². The molecule has 5 heterocycles. The fourth-order valence-electron chi connectivity index (χ4n) is 3.24. The summed E-state index contributed by atoms with van der Waals surface area (Å²) < 4.78 is 10.7. The molecule has 0 amide bonds. The highest BCUT2D eigenvalue weighted by Crippen LogP contribution is 2.30. The minimum atomic E-state index is -0.661. The molecule has 0 aliphatic rings. The Morgan fingerprint density at radius 2 is 1.73 bits per heavy atom. The summed E-state index contributed by atoms with van der Waals surface area (Å²) in [7, 11) is 0. The molecule has 0 atom stereocenters. The van der Waals surface area contributed by atoms with Crippen LogP contribution in [0.1, 0.15) is 29.2 Å². The summed E-state index contributed by atoms with van der Waals surface area (Å²) in [6, 6.07) is 9.30. The molecule has 0 fully saturated rings. The van der Waals surface area contributed by atoms with Crippen molar-refractivity contribution < 1.29 is 19.1 Å². The molecule has 0 aromatic carbocycles. The van der Waals surface area contributed by atoms with Crippen molar-refractivity contribution in [3.05, 3.63) is 88.0 Å². The van der Waals surface area contributed by atoms with E-state index in [2.05, 4.69) is 34.9 Å². The number of aromatic amines is 1. The first-order valence-corrected chi connectivity index (χ1v) is 13.5. The Morgan fingerprint density at radius 1 is 1.02 bits per heavy atom. The maximum atomic E-state index is 11.6. The molecule has 5 rings (SSSR count). The van der Waals surface area contributed by atoms with Gasteiger partial charge in [0.2, 0.25) is 0 Å². The van der Waals surface area contributed by atoms with Gasteiger partial charge in [-0.3, -0.25) is 9.97 Å². The Kier molecular flexibility index (Phi) is 9.67. The van der Waals surface area contributed by atoms with Crippen LogP contribution < -0.4 is 0 Å². The molecule has 0 saturated carbocycles. The van der Waals surface area contributed by atoms with E-state index in [-0.39, 0.29) is 18.3 Å². The number of thiazole rings is 2. The Labute approximate surface area is 236 Å². The first-order chi connectivity index (χ1) is 19.5. The second-order valence-corrected chi connectivity index (χ2v) is 9.72. The van der Waals surface area contributed by atoms with Gasteiger partial charge in [0.25, 0.3) is 0 Å². The molecule has 0 aliphatic heterocycles. The van der Waals surface area contributed by atoms with Crippen LogP contribution in [0.25, 0.3) is 48.0 Å². The Balaban J connectivity index is 0.000000186. The highest BCUT2D eigenvalue weighted by Gasteiger charge is 2.14. The monoisotopic (exact) mass is 574 g/mol. The molecule has 0 unspecified atom stereocenters. The van der Waals surface area contributed by atoms with Crippen molar-refractivity contribution in [2.75, 3.05) is 13.2 Å². The zero-order valence-electron chi connectivity index (χ0n) is 21.3. The Hall–Kier alpha value is -4.91. The van der Waals surface area contributed by atoms with E-state index in [1.54, 1.807) is 50.9 Å². The lowest BCUT2D eigenvalue weighted by atomic mass is 10.3. The molecule has 5 aromatic rings. The summed E-state index contributed by atoms with van der Waals surface area (Å²) in [5.41, 5.74) is 11.4. The zero-order chi connectivity index (χ0) is 28.3. The molecule has 5 aromatic heterocycles. The highest BCUT2D eigenvalue weighted by atomic mass is 32.1. The third kappa shape index (κ3) is 7.14. The van der Waals surface area contributed by atoms with Crippen LogP contribution in [0.3, 0.4) is 0 Å². The summed E-state index contributed by atoms with van der Waals surface area (Å²) in [6.45, 7) is 4.03. The van der Waals surface area contributed by atoms with E-state index in [4.69, 9.17) is 15.0 Å². The molecule has 12 nitrogen and oxygen atoms in total. The standard InChI is InChI=1S/C13H11N5O2S.C13H11N3O2S/c1-2-20-13(19)11(17-18-14)6-10-8-16-12(21-10)9-4-3-5-15-7-9;1-2-18-13(17)9-6-10-11(15-9)16-12(19-10)8-4-3-5-14-7-8/h3-8H,2H2,1H3;3-7,15H,2H2,1H3/b11-6-;. The third-order valence-electron chi connectivity index (χ3n) is 4.93. The van der Waals surface area contributed by atoms with Gasteiger partial charge in [0, 0.05) is 51.9 Å². The van der Waals surface area contributed by atoms with E-state index < -0.39 is 5.97 Å². The van der Waals surface area contributed by atoms with Gasteiger partial charge in [0.1, 0.15) is 27.1 Å². The van der Waals surface area contributed by atoms with Crippen LogP contribution in [0, 0.1) is 0 Å². The SMILES string of the molecule is CCOC(=O)/C(=C/c1cnc(-c2cccnc2)s1)N=[N+]=[N-].CCOC(=O)c1cc2sc(-c3cccnc3)nc2[nH]1. The van der Waals surface area contributed by atoms with Crippen molar-refractivity contribution in [1.82, 2.24) is 24.9 Å². The quantitative estimate of drug-likeness (QED) is 0.0742. The predicted molar refractivity (Wildman–Crippen MR) is 152 cm³/mol. The third-order valence-corrected chi connectivity index (χ3v) is 6.98. The van der Waals surface area contributed by atoms with Crippen molar-refractivity contribution in [2.45, 2.75) is 13.8 Å². The van der Waals surface area contributed by atoms with Crippen molar-refractivity contribution in [2.24, 2.45) is 5.11 Å². The van der Waals surface area contributed by atoms with Crippen molar-refractivity contribution in [3.63, 3.8) is 0 Å². The van der Waals surface area contributed by atoms with Gasteiger partial charge in [-0.1, -0.05) is 5.11 Å². The lowest BCUT2D eigenvalue weighted by molar-refractivity contribution is -0.138. The number of aromatic nitrogens is 5. The van der Waals surface area contributed by atoms with Gasteiger partial charge in [-0.2, -0.15) is 0 Å². The fraction of sp³-hybridized carbons (Fsp3) is 0.154. The number of carbonyl (C=O) groups excluding carboxylic acids is 2. The van der Waals surface area contributed by atoms with Gasteiger partial charge in [-0.15, -0.1) is 22.7 Å². The first kappa shape index (κ1) is 28.1. The number of ether oxygens (including phenoxy) is 2. The molecule has 0 spiro atoms. The lowest BCUT2D eigenvalue weighted by Crippen LogP contribution is -2.05. The van der Waals surface area contributed by atoms with E-state index in [1.807, 2.05) is 24.3 Å². The first-order valence-electron chi connectivity index (χ1n) is 11.9. The van der Waals surface area contributed by atoms with Crippen molar-refractivity contribution >= 4 is 51.0 Å². The maximum absolute atomic E-state index is 11.6. The van der Waals surface area contributed by atoms with Crippen LogP contribution in [0.15, 0.2) is 72.1 Å². The predicted octanol–water partition coefficient (Wildman–Crippen LogP) is 6.28. The van der Waals surface area contributed by atoms with Crippen LogP contribution in [0.4, 0.5) is 0 Å². The smallest absolute Gasteiger partial charge is 0.354 e. The number of fused-ring (bicyclic) bond motifs is 1. The van der Waals surface area contributed by atoms with Crippen molar-refractivity contribution in [1.29, 1.82) is 0 Å². The number of carbonyl (C=O) groups is 2. The number of nitrogens with zero attached hydrogens (tertiary/aromatic N) is 7. The average Bonchev–Trinajstić information content (AvgIpc) is 3.70. The van der Waals surface area contributed by atoms with Gasteiger partial charge >= 0.3 is 11.9 Å². The number of esters is 2. The number of H-pyrrole nitrogens is 1. The van der Waals surface area contributed by atoms with E-state index in [9.17, 15) is 9.59 Å². The van der Waals surface area contributed by atoms with Gasteiger partial charge in [0.05, 0.1) is 17.9 Å². The van der Waals surface area contributed by atoms with Gasteiger partial charge in [-0.25, -0.2) is 19.6 Å². The molecule has 14 heteroatoms. The molecule has 40 heavy (non-hydrogen) atoms. The minimum absolute atomic E-state index is 0.0965. The number of pyridine rings is 2. The second kappa shape index (κ2) is 13.8. The van der Waals surface area contributed by atoms with Crippen LogP contribution in [0.5, 0.6) is 0 Å². The normalized spacial score (nSPS) is 10.8. The zero-order valence-corrected chi connectivity index (χ0v) is 23.0. The molecule has 202 valence electrons. The van der Waals surface area contributed by atoms with Gasteiger partial charge in [0.15, 0.2) is 0 Å². The van der Waals surface area contributed by atoms with E-state index in [0.717, 1.165) is 25.8 Å². The Morgan fingerprint density at radius 3 is 2.33 bits per heavy atom. The van der Waals surface area contributed by atoms with Gasteiger partial charge in [-0.05, 0) is 55.8 Å². The van der Waals surface area contributed by atoms with Crippen molar-refractivity contribution in [3.8, 4) is 21.1 Å². The van der Waals surface area contributed by atoms with Crippen LogP contribution in [0.2, 0.25) is 0 Å².